The molecule has 0 spiro atoms. The van der Waals surface area contributed by atoms with Crippen LogP contribution in [0.25, 0.3) is 0 Å². The Morgan fingerprint density at radius 3 is 2.24 bits per heavy atom. The number of fused-ring (bicyclic) bond motifs is 2. The molecule has 5 rings (SSSR count). The summed E-state index contributed by atoms with van der Waals surface area (Å²) in [5.74, 6) is -0.447. The Labute approximate surface area is 245 Å². The number of ketones is 1. The second-order valence-electron chi connectivity index (χ2n) is 13.5. The standard InChI is InChI=1S/C34H43NO5S/c1-21(2)24-13-14-29(36)27(20-24)32(37)40-31-30(28-15-16-34(31,7)33(28,5)6)35(25-18-22(3)17-23(4)19-25)41(38,39)26-11-9-8-10-12-26/h8-12,17-21,24,28,30-31H,13-16H2,1-7H3/t24-,28+,30-,31-,34-/m0/s1. The maximum Gasteiger partial charge on any atom is 0.341 e. The number of carbonyl (C=O) groups is 2. The van der Waals surface area contributed by atoms with Crippen molar-refractivity contribution in [3.8, 4) is 0 Å². The molecule has 0 aromatic heterocycles. The maximum absolute atomic E-state index is 14.6. The smallest absolute Gasteiger partial charge is 0.341 e. The average molecular weight is 578 g/mol. The summed E-state index contributed by atoms with van der Waals surface area (Å²) in [6, 6.07) is 13.7. The molecule has 2 aromatic carbocycles. The predicted octanol–water partition coefficient (Wildman–Crippen LogP) is 6.80. The fraction of sp³-hybridized carbons (Fsp3) is 0.529. The summed E-state index contributed by atoms with van der Waals surface area (Å²) in [4.78, 5) is 26.9. The molecule has 2 aromatic rings. The van der Waals surface area contributed by atoms with Gasteiger partial charge in [-0.1, -0.05) is 65.0 Å². The Kier molecular flexibility index (Phi) is 7.50. The van der Waals surface area contributed by atoms with E-state index in [0.717, 1.165) is 30.4 Å². The Hall–Kier alpha value is -2.93. The number of ether oxygens (including phenoxy) is 1. The van der Waals surface area contributed by atoms with Crippen molar-refractivity contribution < 1.29 is 22.7 Å². The number of Topliss-reactive ketones (excluding diaryl/α,β-unsaturated/α-hetero) is 1. The number of hydrogen-bond donors (Lipinski definition) is 0. The van der Waals surface area contributed by atoms with Crippen LogP contribution in [0.5, 0.6) is 0 Å². The van der Waals surface area contributed by atoms with E-state index in [0.29, 0.717) is 18.0 Å². The fourth-order valence-corrected chi connectivity index (χ4v) is 9.40. The van der Waals surface area contributed by atoms with Crippen LogP contribution in [0.1, 0.15) is 71.4 Å². The second kappa shape index (κ2) is 10.4. The van der Waals surface area contributed by atoms with E-state index in [4.69, 9.17) is 4.74 Å². The zero-order valence-corrected chi connectivity index (χ0v) is 26.1. The highest BCUT2D eigenvalue weighted by Crippen LogP contribution is 2.68. The highest BCUT2D eigenvalue weighted by Gasteiger charge is 2.70. The highest BCUT2D eigenvalue weighted by molar-refractivity contribution is 7.92. The molecular weight excluding hydrogens is 534 g/mol. The minimum Gasteiger partial charge on any atom is -0.456 e. The lowest BCUT2D eigenvalue weighted by Gasteiger charge is -2.43. The molecule has 0 aliphatic heterocycles. The third-order valence-electron chi connectivity index (χ3n) is 10.5. The number of hydrogen-bond acceptors (Lipinski definition) is 5. The lowest BCUT2D eigenvalue weighted by molar-refractivity contribution is -0.154. The van der Waals surface area contributed by atoms with Gasteiger partial charge in [-0.05, 0) is 91.7 Å². The Morgan fingerprint density at radius 1 is 1.00 bits per heavy atom. The summed E-state index contributed by atoms with van der Waals surface area (Å²) >= 11 is 0. The summed E-state index contributed by atoms with van der Waals surface area (Å²) in [6.45, 7) is 14.5. The highest BCUT2D eigenvalue weighted by atomic mass is 32.2. The van der Waals surface area contributed by atoms with Gasteiger partial charge >= 0.3 is 5.97 Å². The molecule has 6 nitrogen and oxygen atoms in total. The topological polar surface area (TPSA) is 80.8 Å². The van der Waals surface area contributed by atoms with E-state index in [1.807, 2.05) is 32.0 Å². The van der Waals surface area contributed by atoms with E-state index in [2.05, 4.69) is 34.6 Å². The molecule has 0 amide bonds. The molecule has 3 aliphatic rings. The first-order valence-corrected chi connectivity index (χ1v) is 16.3. The molecular formula is C34H43NO5S. The first-order valence-electron chi connectivity index (χ1n) is 14.8. The molecule has 3 aliphatic carbocycles. The van der Waals surface area contributed by atoms with Crippen LogP contribution in [0.2, 0.25) is 0 Å². The van der Waals surface area contributed by atoms with Gasteiger partial charge in [0.25, 0.3) is 10.0 Å². The minimum absolute atomic E-state index is 0.0518. The number of benzene rings is 2. The zero-order valence-electron chi connectivity index (χ0n) is 25.3. The number of rotatable bonds is 7. The van der Waals surface area contributed by atoms with Crippen LogP contribution in [0, 0.1) is 42.4 Å². The lowest BCUT2D eigenvalue weighted by atomic mass is 9.70. The quantitative estimate of drug-likeness (QED) is 0.267. The largest absolute Gasteiger partial charge is 0.456 e. The fourth-order valence-electron chi connectivity index (χ4n) is 7.71. The van der Waals surface area contributed by atoms with Crippen molar-refractivity contribution in [1.29, 1.82) is 0 Å². The van der Waals surface area contributed by atoms with Gasteiger partial charge in [-0.15, -0.1) is 0 Å². The molecule has 0 saturated heterocycles. The number of allylic oxidation sites excluding steroid dienone is 1. The average Bonchev–Trinajstić information content (AvgIpc) is 3.22. The van der Waals surface area contributed by atoms with E-state index >= 15 is 0 Å². The third-order valence-corrected chi connectivity index (χ3v) is 12.3. The van der Waals surface area contributed by atoms with Crippen LogP contribution in [0.4, 0.5) is 5.69 Å². The van der Waals surface area contributed by atoms with Crippen molar-refractivity contribution in [2.45, 2.75) is 91.2 Å². The van der Waals surface area contributed by atoms with Gasteiger partial charge in [-0.25, -0.2) is 13.2 Å². The van der Waals surface area contributed by atoms with Crippen molar-refractivity contribution in [3.63, 3.8) is 0 Å². The molecule has 2 bridgehead atoms. The van der Waals surface area contributed by atoms with Gasteiger partial charge in [-0.3, -0.25) is 9.10 Å². The Morgan fingerprint density at radius 2 is 1.63 bits per heavy atom. The van der Waals surface area contributed by atoms with Crippen LogP contribution in [0.15, 0.2) is 65.1 Å². The van der Waals surface area contributed by atoms with Crippen molar-refractivity contribution >= 4 is 27.5 Å². The van der Waals surface area contributed by atoms with Gasteiger partial charge in [0.15, 0.2) is 5.78 Å². The summed E-state index contributed by atoms with van der Waals surface area (Å²) < 4.78 is 37.0. The molecule has 0 radical (unpaired) electrons. The van der Waals surface area contributed by atoms with Gasteiger partial charge < -0.3 is 4.74 Å². The molecule has 0 unspecified atom stereocenters. The third kappa shape index (κ3) is 4.84. The Balaban J connectivity index is 1.66. The van der Waals surface area contributed by atoms with Crippen LogP contribution >= 0.6 is 0 Å². The summed E-state index contributed by atoms with van der Waals surface area (Å²) in [7, 11) is -4.03. The van der Waals surface area contributed by atoms with E-state index in [1.54, 1.807) is 36.4 Å². The summed E-state index contributed by atoms with van der Waals surface area (Å²) in [6.07, 6.45) is 3.74. The molecule has 5 atom stereocenters. The molecule has 0 N–H and O–H groups in total. The minimum atomic E-state index is -4.03. The van der Waals surface area contributed by atoms with Gasteiger partial charge in [0.2, 0.25) is 0 Å². The maximum atomic E-state index is 14.6. The lowest BCUT2D eigenvalue weighted by Crippen LogP contribution is -2.54. The van der Waals surface area contributed by atoms with Crippen LogP contribution in [0.3, 0.4) is 0 Å². The number of sulfonamides is 1. The molecule has 2 saturated carbocycles. The van der Waals surface area contributed by atoms with E-state index in [-0.39, 0.29) is 33.5 Å². The first kappa shape index (κ1) is 29.6. The van der Waals surface area contributed by atoms with E-state index in [9.17, 15) is 18.0 Å². The van der Waals surface area contributed by atoms with Gasteiger partial charge in [0, 0.05) is 11.8 Å². The number of anilines is 1. The normalized spacial score (nSPS) is 29.0. The van der Waals surface area contributed by atoms with Crippen molar-refractivity contribution in [3.05, 3.63) is 71.3 Å². The molecule has 41 heavy (non-hydrogen) atoms. The zero-order chi connectivity index (χ0) is 29.9. The van der Waals surface area contributed by atoms with Crippen molar-refractivity contribution in [2.75, 3.05) is 4.31 Å². The molecule has 2 fully saturated rings. The Bertz CT molecular complexity index is 1470. The van der Waals surface area contributed by atoms with Gasteiger partial charge in [-0.2, -0.15) is 0 Å². The summed E-state index contributed by atoms with van der Waals surface area (Å²) in [5, 5.41) is 0. The number of carbonyl (C=O) groups excluding carboxylic acids is 2. The SMILES string of the molecule is Cc1cc(C)cc(N([C@H]2[C@H]3CC[C@@](C)([C@H]2OC(=O)C2=C[C@@H](C(C)C)CCC2=O)C3(C)C)S(=O)(=O)c2ccccc2)c1. The molecule has 220 valence electrons. The van der Waals surface area contributed by atoms with Crippen LogP contribution < -0.4 is 4.31 Å². The van der Waals surface area contributed by atoms with Gasteiger partial charge in [0.1, 0.15) is 6.10 Å². The van der Waals surface area contributed by atoms with Crippen molar-refractivity contribution in [1.82, 2.24) is 0 Å². The molecule has 0 heterocycles. The number of aryl methyl sites for hydroxylation is 2. The van der Waals surface area contributed by atoms with E-state index < -0.39 is 33.6 Å². The van der Waals surface area contributed by atoms with Crippen molar-refractivity contribution in [2.24, 2.45) is 28.6 Å². The van der Waals surface area contributed by atoms with Crippen LogP contribution in [-0.2, 0) is 24.3 Å². The first-order chi connectivity index (χ1) is 19.2. The second-order valence-corrected chi connectivity index (χ2v) is 15.3. The van der Waals surface area contributed by atoms with Crippen LogP contribution in [-0.4, -0.2) is 32.3 Å². The molecule has 7 heteroatoms. The monoisotopic (exact) mass is 577 g/mol. The van der Waals surface area contributed by atoms with E-state index in [1.165, 1.54) is 4.31 Å². The number of esters is 1. The summed E-state index contributed by atoms with van der Waals surface area (Å²) in [5.41, 5.74) is 1.80. The van der Waals surface area contributed by atoms with Gasteiger partial charge in [0.05, 0.1) is 22.2 Å². The predicted molar refractivity (Wildman–Crippen MR) is 161 cm³/mol. The number of nitrogens with zero attached hydrogens (tertiary/aromatic N) is 1.